The molecule has 5 nitrogen and oxygen atoms in total. The molecule has 0 radical (unpaired) electrons. The van der Waals surface area contributed by atoms with Crippen LogP contribution in [0.1, 0.15) is 36.8 Å². The fourth-order valence-electron chi connectivity index (χ4n) is 2.95. The summed E-state index contributed by atoms with van der Waals surface area (Å²) >= 11 is 1.27. The van der Waals surface area contributed by atoms with Crippen LogP contribution in [0.15, 0.2) is 4.79 Å². The van der Waals surface area contributed by atoms with Crippen molar-refractivity contribution in [3.8, 4) is 0 Å². The summed E-state index contributed by atoms with van der Waals surface area (Å²) in [7, 11) is 0. The van der Waals surface area contributed by atoms with Gasteiger partial charge in [0.05, 0.1) is 0 Å². The lowest BCUT2D eigenvalue weighted by molar-refractivity contribution is -0.132. The highest BCUT2D eigenvalue weighted by atomic mass is 35.5. The molecule has 0 saturated carbocycles. The van der Waals surface area contributed by atoms with E-state index in [1.54, 1.807) is 4.57 Å². The molecule has 1 aromatic rings. The van der Waals surface area contributed by atoms with E-state index in [-0.39, 0.29) is 23.2 Å². The van der Waals surface area contributed by atoms with E-state index in [4.69, 9.17) is 0 Å². The van der Waals surface area contributed by atoms with Crippen LogP contribution in [0.4, 0.5) is 0 Å². The number of carbonyl (C=O) groups excluding carboxylic acids is 1. The molecule has 0 bridgehead atoms. The highest BCUT2D eigenvalue weighted by Gasteiger charge is 2.22. The predicted octanol–water partition coefficient (Wildman–Crippen LogP) is 2.19. The molecule has 1 aromatic heterocycles. The SMILES string of the molecule is CCNCC1CCN(C(=O)CCn2c(C)c(C)sc2=O)CC1.Cl. The summed E-state index contributed by atoms with van der Waals surface area (Å²) in [5.41, 5.74) is 0.993. The van der Waals surface area contributed by atoms with E-state index >= 15 is 0 Å². The first-order valence-corrected chi connectivity index (χ1v) is 9.00. The Kier molecular flexibility index (Phi) is 8.29. The average Bonchev–Trinajstić information content (AvgIpc) is 2.76. The molecule has 0 aliphatic carbocycles. The minimum absolute atomic E-state index is 0. The maximum Gasteiger partial charge on any atom is 0.307 e. The Hall–Kier alpha value is -0.850. The van der Waals surface area contributed by atoms with Gasteiger partial charge in [-0.3, -0.25) is 9.59 Å². The second kappa shape index (κ2) is 9.45. The molecule has 0 atom stereocenters. The molecule has 1 saturated heterocycles. The van der Waals surface area contributed by atoms with Crippen LogP contribution in [-0.4, -0.2) is 41.6 Å². The lowest BCUT2D eigenvalue weighted by atomic mass is 9.96. The monoisotopic (exact) mass is 361 g/mol. The quantitative estimate of drug-likeness (QED) is 0.845. The Morgan fingerprint density at radius 3 is 2.48 bits per heavy atom. The Morgan fingerprint density at radius 2 is 1.96 bits per heavy atom. The number of amides is 1. The molecule has 1 aliphatic heterocycles. The summed E-state index contributed by atoms with van der Waals surface area (Å²) in [4.78, 5) is 27.2. The first-order valence-electron chi connectivity index (χ1n) is 8.18. The van der Waals surface area contributed by atoms with Gasteiger partial charge in [0, 0.05) is 36.6 Å². The van der Waals surface area contributed by atoms with Gasteiger partial charge in [-0.1, -0.05) is 18.3 Å². The Morgan fingerprint density at radius 1 is 1.30 bits per heavy atom. The molecule has 1 aliphatic rings. The van der Waals surface area contributed by atoms with Gasteiger partial charge in [0.25, 0.3) is 0 Å². The van der Waals surface area contributed by atoms with E-state index in [0.29, 0.717) is 18.9 Å². The molecule has 1 N–H and O–H groups in total. The topological polar surface area (TPSA) is 54.3 Å². The summed E-state index contributed by atoms with van der Waals surface area (Å²) in [6.07, 6.45) is 2.58. The van der Waals surface area contributed by atoms with Crippen LogP contribution < -0.4 is 10.2 Å². The Labute approximate surface area is 148 Å². The molecule has 23 heavy (non-hydrogen) atoms. The van der Waals surface area contributed by atoms with E-state index in [1.165, 1.54) is 11.3 Å². The maximum atomic E-state index is 12.3. The zero-order valence-corrected chi connectivity index (χ0v) is 15.9. The number of carbonyl (C=O) groups is 1. The van der Waals surface area contributed by atoms with Gasteiger partial charge < -0.3 is 14.8 Å². The third-order valence-electron chi connectivity index (χ3n) is 4.57. The van der Waals surface area contributed by atoms with Crippen molar-refractivity contribution in [3.05, 3.63) is 20.2 Å². The van der Waals surface area contributed by atoms with Gasteiger partial charge in [-0.15, -0.1) is 12.4 Å². The van der Waals surface area contributed by atoms with Gasteiger partial charge in [-0.25, -0.2) is 0 Å². The number of hydrogen-bond donors (Lipinski definition) is 1. The molecular formula is C16H28ClN3O2S. The minimum atomic E-state index is 0. The molecule has 0 aromatic carbocycles. The summed E-state index contributed by atoms with van der Waals surface area (Å²) in [6.45, 7) is 10.3. The number of hydrogen-bond acceptors (Lipinski definition) is 4. The number of thiazole rings is 1. The summed E-state index contributed by atoms with van der Waals surface area (Å²) < 4.78 is 1.73. The number of likely N-dealkylation sites (tertiary alicyclic amines) is 1. The van der Waals surface area contributed by atoms with Crippen molar-refractivity contribution in [3.63, 3.8) is 0 Å². The van der Waals surface area contributed by atoms with Crippen LogP contribution in [0.25, 0.3) is 0 Å². The van der Waals surface area contributed by atoms with Crippen LogP contribution in [0, 0.1) is 19.8 Å². The van der Waals surface area contributed by atoms with Crippen molar-refractivity contribution in [2.24, 2.45) is 5.92 Å². The molecule has 2 rings (SSSR count). The molecule has 2 heterocycles. The van der Waals surface area contributed by atoms with Crippen LogP contribution in [0.5, 0.6) is 0 Å². The average molecular weight is 362 g/mol. The zero-order valence-electron chi connectivity index (χ0n) is 14.3. The number of aromatic nitrogens is 1. The molecule has 0 unspecified atom stereocenters. The van der Waals surface area contributed by atoms with Crippen molar-refractivity contribution >= 4 is 29.7 Å². The first kappa shape index (κ1) is 20.2. The van der Waals surface area contributed by atoms with E-state index in [9.17, 15) is 9.59 Å². The number of nitrogens with zero attached hydrogens (tertiary/aromatic N) is 2. The third-order valence-corrected chi connectivity index (χ3v) is 5.57. The predicted molar refractivity (Wildman–Crippen MR) is 97.8 cm³/mol. The number of aryl methyl sites for hydroxylation is 1. The van der Waals surface area contributed by atoms with Crippen LogP contribution in [0.2, 0.25) is 0 Å². The van der Waals surface area contributed by atoms with E-state index in [0.717, 1.165) is 49.6 Å². The second-order valence-corrected chi connectivity index (χ2v) is 7.21. The normalized spacial score (nSPS) is 15.5. The Balaban J connectivity index is 0.00000264. The lowest BCUT2D eigenvalue weighted by Gasteiger charge is -2.32. The van der Waals surface area contributed by atoms with Crippen molar-refractivity contribution < 1.29 is 4.79 Å². The molecule has 1 amide bonds. The summed E-state index contributed by atoms with van der Waals surface area (Å²) in [6, 6.07) is 0. The molecule has 132 valence electrons. The van der Waals surface area contributed by atoms with Crippen LogP contribution in [0.3, 0.4) is 0 Å². The minimum Gasteiger partial charge on any atom is -0.343 e. The molecule has 0 spiro atoms. The number of halogens is 1. The zero-order chi connectivity index (χ0) is 16.1. The van der Waals surface area contributed by atoms with Crippen molar-refractivity contribution in [2.45, 2.75) is 46.6 Å². The summed E-state index contributed by atoms with van der Waals surface area (Å²) in [5, 5.41) is 3.38. The summed E-state index contributed by atoms with van der Waals surface area (Å²) in [5.74, 6) is 0.866. The maximum absolute atomic E-state index is 12.3. The fraction of sp³-hybridized carbons (Fsp3) is 0.750. The Bertz CT molecular complexity index is 562. The third kappa shape index (κ3) is 5.33. The van der Waals surface area contributed by atoms with Crippen molar-refractivity contribution in [1.82, 2.24) is 14.8 Å². The second-order valence-electron chi connectivity index (χ2n) is 6.04. The lowest BCUT2D eigenvalue weighted by Crippen LogP contribution is -2.41. The number of piperidine rings is 1. The number of rotatable bonds is 6. The van der Waals surface area contributed by atoms with E-state index in [2.05, 4.69) is 12.2 Å². The molecule has 7 heteroatoms. The smallest absolute Gasteiger partial charge is 0.307 e. The molecular weight excluding hydrogens is 334 g/mol. The van der Waals surface area contributed by atoms with E-state index < -0.39 is 0 Å². The largest absolute Gasteiger partial charge is 0.343 e. The standard InChI is InChI=1S/C16H27N3O2S.ClH/c1-4-17-11-14-5-8-18(9-6-14)15(20)7-10-19-12(2)13(3)22-16(19)21;/h14,17H,4-11H2,1-3H3;1H. The highest BCUT2D eigenvalue weighted by Crippen LogP contribution is 2.17. The van der Waals surface area contributed by atoms with E-state index in [1.807, 2.05) is 18.7 Å². The van der Waals surface area contributed by atoms with Gasteiger partial charge in [0.1, 0.15) is 0 Å². The van der Waals surface area contributed by atoms with Gasteiger partial charge in [-0.05, 0) is 45.7 Å². The highest BCUT2D eigenvalue weighted by molar-refractivity contribution is 7.09. The van der Waals surface area contributed by atoms with Crippen LogP contribution in [-0.2, 0) is 11.3 Å². The fourth-order valence-corrected chi connectivity index (χ4v) is 3.80. The van der Waals surface area contributed by atoms with Crippen molar-refractivity contribution in [2.75, 3.05) is 26.2 Å². The molecule has 1 fully saturated rings. The first-order chi connectivity index (χ1) is 10.5. The van der Waals surface area contributed by atoms with Gasteiger partial charge >= 0.3 is 4.87 Å². The van der Waals surface area contributed by atoms with Gasteiger partial charge in [0.15, 0.2) is 0 Å². The van der Waals surface area contributed by atoms with Gasteiger partial charge in [-0.2, -0.15) is 0 Å². The van der Waals surface area contributed by atoms with Crippen molar-refractivity contribution in [1.29, 1.82) is 0 Å². The van der Waals surface area contributed by atoms with Crippen LogP contribution >= 0.6 is 23.7 Å². The number of nitrogens with one attached hydrogen (secondary N) is 1. The van der Waals surface area contributed by atoms with Gasteiger partial charge in [0.2, 0.25) is 5.91 Å².